The summed E-state index contributed by atoms with van der Waals surface area (Å²) in [6.07, 6.45) is 2.11. The third-order valence-electron chi connectivity index (χ3n) is 10.1. The van der Waals surface area contributed by atoms with E-state index in [4.69, 9.17) is 0 Å². The molecule has 50 heavy (non-hydrogen) atoms. The van der Waals surface area contributed by atoms with Crippen molar-refractivity contribution in [2.45, 2.75) is 6.92 Å². The first-order chi connectivity index (χ1) is 24.6. The number of benzene rings is 7. The highest BCUT2D eigenvalue weighted by Gasteiger charge is 2.13. The lowest BCUT2D eigenvalue weighted by Gasteiger charge is -2.10. The number of rotatable bonds is 2. The van der Waals surface area contributed by atoms with Crippen molar-refractivity contribution >= 4 is 64.6 Å². The topological polar surface area (TPSA) is 3.88 Å². The van der Waals surface area contributed by atoms with Crippen LogP contribution in [0.15, 0.2) is 182 Å². The smallest absolute Gasteiger partial charge is 0.201 e. The third kappa shape index (κ3) is 5.53. The fourth-order valence-corrected chi connectivity index (χ4v) is 7.45. The lowest BCUT2D eigenvalue weighted by atomic mass is 9.95. The molecule has 1 nitrogen and oxygen atoms in total. The molecular weight excluding hydrogens is 603 g/mol. The van der Waals surface area contributed by atoms with Crippen LogP contribution in [0, 0.1) is 6.92 Å². The Balaban J connectivity index is 1.38. The van der Waals surface area contributed by atoms with Crippen LogP contribution in [0.4, 0.5) is 0 Å². The lowest BCUT2D eigenvalue weighted by molar-refractivity contribution is -0.660. The van der Waals surface area contributed by atoms with Gasteiger partial charge < -0.3 is 0 Å². The summed E-state index contributed by atoms with van der Waals surface area (Å²) in [5, 5.41) is 14.5. The van der Waals surface area contributed by atoms with E-state index in [0.717, 1.165) is 0 Å². The summed E-state index contributed by atoms with van der Waals surface area (Å²) in [5.74, 6) is 0. The van der Waals surface area contributed by atoms with Gasteiger partial charge in [0.2, 0.25) is 5.69 Å². The van der Waals surface area contributed by atoms with Gasteiger partial charge in [0.15, 0.2) is 6.20 Å². The molecule has 0 aliphatic rings. The summed E-state index contributed by atoms with van der Waals surface area (Å²) in [7, 11) is 2.11. The quantitative estimate of drug-likeness (QED) is 0.166. The minimum Gasteiger partial charge on any atom is -0.201 e. The number of aromatic nitrogens is 1. The maximum Gasteiger partial charge on any atom is 0.212 e. The molecule has 9 rings (SSSR count). The average Bonchev–Trinajstić information content (AvgIpc) is 3.18. The van der Waals surface area contributed by atoms with Crippen LogP contribution < -0.4 is 4.57 Å². The van der Waals surface area contributed by atoms with Crippen molar-refractivity contribution in [3.63, 3.8) is 0 Å². The van der Waals surface area contributed by atoms with E-state index in [2.05, 4.69) is 201 Å². The molecule has 0 aliphatic carbocycles. The molecule has 236 valence electrons. The van der Waals surface area contributed by atoms with Gasteiger partial charge in [0, 0.05) is 17.7 Å². The van der Waals surface area contributed by atoms with E-state index < -0.39 is 0 Å². The van der Waals surface area contributed by atoms with Crippen molar-refractivity contribution in [2.75, 3.05) is 0 Å². The molecule has 0 spiro atoms. The first-order valence-corrected chi connectivity index (χ1v) is 17.3. The molecule has 1 heteroatoms. The second-order valence-corrected chi connectivity index (χ2v) is 13.4. The van der Waals surface area contributed by atoms with Gasteiger partial charge in [-0.2, -0.15) is 0 Å². The minimum atomic E-state index is 1.20. The van der Waals surface area contributed by atoms with Crippen molar-refractivity contribution in [2.24, 2.45) is 7.05 Å². The molecule has 1 aromatic heterocycles. The van der Waals surface area contributed by atoms with Crippen LogP contribution in [0.5, 0.6) is 0 Å². The highest BCUT2D eigenvalue weighted by molar-refractivity contribution is 6.02. The van der Waals surface area contributed by atoms with Crippen LogP contribution in [0.2, 0.25) is 0 Å². The van der Waals surface area contributed by atoms with Crippen LogP contribution in [0.25, 0.3) is 87.0 Å². The van der Waals surface area contributed by atoms with Crippen molar-refractivity contribution in [3.05, 3.63) is 188 Å². The molecule has 0 atom stereocenters. The Bertz CT molecular complexity index is 2750. The van der Waals surface area contributed by atoms with Gasteiger partial charge in [-0.3, -0.25) is 0 Å². The fourth-order valence-electron chi connectivity index (χ4n) is 7.45. The van der Waals surface area contributed by atoms with Gasteiger partial charge in [-0.25, -0.2) is 4.57 Å². The number of pyridine rings is 1. The van der Waals surface area contributed by atoms with E-state index >= 15 is 0 Å². The Kier molecular flexibility index (Phi) is 7.33. The molecule has 0 N–H and O–H groups in total. The van der Waals surface area contributed by atoms with Crippen LogP contribution in [-0.2, 0) is 7.05 Å². The highest BCUT2D eigenvalue weighted by atomic mass is 14.9. The Morgan fingerprint density at radius 2 is 0.700 bits per heavy atom. The molecule has 0 unspecified atom stereocenters. The van der Waals surface area contributed by atoms with Crippen molar-refractivity contribution in [1.29, 1.82) is 0 Å². The first kappa shape index (κ1) is 29.8. The van der Waals surface area contributed by atoms with Crippen LogP contribution in [0.3, 0.4) is 0 Å². The molecule has 9 aromatic rings. The number of aryl methyl sites for hydroxylation is 2. The molecular formula is C49H36N+. The van der Waals surface area contributed by atoms with Crippen LogP contribution >= 0.6 is 0 Å². The van der Waals surface area contributed by atoms with Gasteiger partial charge in [-0.05, 0) is 149 Å². The van der Waals surface area contributed by atoms with E-state index in [1.54, 1.807) is 0 Å². The van der Waals surface area contributed by atoms with E-state index in [1.165, 1.54) is 92.6 Å². The summed E-state index contributed by atoms with van der Waals surface area (Å²) in [5.41, 5.74) is 6.13. The summed E-state index contributed by atoms with van der Waals surface area (Å²) in [6, 6.07) is 65.1. The number of nitrogens with zero attached hydrogens (tertiary/aromatic N) is 1. The zero-order valence-corrected chi connectivity index (χ0v) is 28.3. The van der Waals surface area contributed by atoms with Gasteiger partial charge in [0.1, 0.15) is 7.05 Å². The van der Waals surface area contributed by atoms with Gasteiger partial charge in [-0.15, -0.1) is 0 Å². The molecule has 12 bridgehead atoms. The number of hydrogen-bond acceptors (Lipinski definition) is 0. The standard InChI is InChI=1S/C49H36N/c1-33-24-44(21-22-48(33)49-20-3-4-23-50(49)2)47-31-45-30-46(32-47)43-19-9-17-41(29-43)39-15-7-13-37(27-39)35-11-5-10-34(25-35)36-12-6-14-38(26-36)40-16-8-18-42(45)28-40/h3-32H,1-2H3/q+1. The average molecular weight is 639 g/mol. The van der Waals surface area contributed by atoms with E-state index in [1.807, 2.05) is 0 Å². The maximum atomic E-state index is 2.35. The van der Waals surface area contributed by atoms with Crippen molar-refractivity contribution < 1.29 is 4.57 Å². The van der Waals surface area contributed by atoms with Crippen molar-refractivity contribution in [1.82, 2.24) is 0 Å². The highest BCUT2D eigenvalue weighted by Crippen LogP contribution is 2.32. The normalized spacial score (nSPS) is 11.4. The lowest BCUT2D eigenvalue weighted by Crippen LogP contribution is -2.30. The summed E-state index contributed by atoms with van der Waals surface area (Å²) < 4.78 is 2.19. The van der Waals surface area contributed by atoms with Gasteiger partial charge in [-0.1, -0.05) is 103 Å². The van der Waals surface area contributed by atoms with E-state index in [-0.39, 0.29) is 0 Å². The number of hydrogen-bond donors (Lipinski definition) is 0. The predicted octanol–water partition coefficient (Wildman–Crippen LogP) is 12.8. The maximum absolute atomic E-state index is 2.35. The predicted molar refractivity (Wildman–Crippen MR) is 215 cm³/mol. The van der Waals surface area contributed by atoms with E-state index in [0.29, 0.717) is 0 Å². The SMILES string of the molecule is Cc1cc(-c2cc3cc(c2)c2cccc(c2)c2cccc(c2)c2cccc(c2)c2cccc(c2)c2cccc3c2)ccc1-c1cccc[n+]1C. The molecule has 0 saturated heterocycles. The zero-order valence-electron chi connectivity index (χ0n) is 28.3. The molecule has 0 amide bonds. The summed E-state index contributed by atoms with van der Waals surface area (Å²) >= 11 is 0. The Morgan fingerprint density at radius 1 is 0.320 bits per heavy atom. The first-order valence-electron chi connectivity index (χ1n) is 17.3. The fraction of sp³-hybridized carbons (Fsp3) is 0.0408. The Hall–Kier alpha value is -6.31. The monoisotopic (exact) mass is 638 g/mol. The second-order valence-electron chi connectivity index (χ2n) is 13.4. The van der Waals surface area contributed by atoms with Gasteiger partial charge in [0.05, 0.1) is 0 Å². The molecule has 0 aliphatic heterocycles. The summed E-state index contributed by atoms with van der Waals surface area (Å²) in [4.78, 5) is 0. The molecule has 0 saturated carbocycles. The molecule has 0 radical (unpaired) electrons. The minimum absolute atomic E-state index is 1.20. The van der Waals surface area contributed by atoms with Gasteiger partial charge in [0.25, 0.3) is 0 Å². The zero-order chi connectivity index (χ0) is 33.6. The van der Waals surface area contributed by atoms with Crippen LogP contribution in [0.1, 0.15) is 5.56 Å². The molecule has 1 heterocycles. The Labute approximate surface area is 292 Å². The third-order valence-corrected chi connectivity index (χ3v) is 10.1. The summed E-state index contributed by atoms with van der Waals surface area (Å²) in [6.45, 7) is 2.22. The molecule has 8 aromatic carbocycles. The largest absolute Gasteiger partial charge is 0.212 e. The van der Waals surface area contributed by atoms with Crippen LogP contribution in [-0.4, -0.2) is 0 Å². The number of fused-ring (bicyclic) bond motifs is 18. The second kappa shape index (κ2) is 12.3. The van der Waals surface area contributed by atoms with E-state index in [9.17, 15) is 0 Å². The van der Waals surface area contributed by atoms with Crippen molar-refractivity contribution in [3.8, 4) is 22.4 Å². The molecule has 0 fully saturated rings. The Morgan fingerprint density at radius 3 is 1.08 bits per heavy atom. The van der Waals surface area contributed by atoms with Gasteiger partial charge >= 0.3 is 0 Å².